The van der Waals surface area contributed by atoms with Gasteiger partial charge in [-0.1, -0.05) is 18.2 Å². The van der Waals surface area contributed by atoms with E-state index in [1.165, 1.54) is 24.0 Å². The Morgan fingerprint density at radius 2 is 1.62 bits per heavy atom. The maximum atomic E-state index is 12.9. The van der Waals surface area contributed by atoms with Crippen LogP contribution in [0.5, 0.6) is 0 Å². The average molecular weight is 495 g/mol. The number of imidazole rings is 1. The van der Waals surface area contributed by atoms with Crippen molar-refractivity contribution in [3.63, 3.8) is 0 Å². The van der Waals surface area contributed by atoms with Crippen molar-refractivity contribution in [2.75, 3.05) is 18.4 Å². The molecule has 1 saturated heterocycles. The molecule has 8 nitrogen and oxygen atoms in total. The molecule has 0 spiro atoms. The molecule has 0 unspecified atom stereocenters. The summed E-state index contributed by atoms with van der Waals surface area (Å²) in [6, 6.07) is 15.6. The molecule has 1 saturated carbocycles. The number of hydrogen-bond acceptors (Lipinski definition) is 4. The number of pyridine rings is 2. The van der Waals surface area contributed by atoms with Crippen molar-refractivity contribution < 1.29 is 9.59 Å². The second-order valence-corrected chi connectivity index (χ2v) is 9.97. The zero-order chi connectivity index (χ0) is 25.2. The SMILES string of the molecule is O=C(NCc1ccn2ccnc2c1)Nc1ccc(C2CCN(C(=O)c3ccc(C4CC4)cn3)CC2)cc1. The number of nitrogens with one attached hydrogen (secondary N) is 2. The number of aromatic nitrogens is 3. The number of piperidine rings is 1. The van der Waals surface area contributed by atoms with Crippen LogP contribution in [-0.4, -0.2) is 44.3 Å². The molecule has 8 heteroatoms. The van der Waals surface area contributed by atoms with Crippen molar-refractivity contribution in [1.82, 2.24) is 24.6 Å². The monoisotopic (exact) mass is 494 g/mol. The van der Waals surface area contributed by atoms with Gasteiger partial charge >= 0.3 is 6.03 Å². The van der Waals surface area contributed by atoms with E-state index >= 15 is 0 Å². The highest BCUT2D eigenvalue weighted by molar-refractivity contribution is 5.92. The van der Waals surface area contributed by atoms with E-state index in [1.807, 2.05) is 58.2 Å². The number of carbonyl (C=O) groups excluding carboxylic acids is 2. The van der Waals surface area contributed by atoms with Gasteiger partial charge in [0.25, 0.3) is 5.91 Å². The molecular formula is C29H30N6O2. The highest BCUT2D eigenvalue weighted by Gasteiger charge is 2.27. The van der Waals surface area contributed by atoms with Gasteiger partial charge in [-0.25, -0.2) is 9.78 Å². The molecule has 2 aliphatic rings. The van der Waals surface area contributed by atoms with Gasteiger partial charge in [0.1, 0.15) is 11.3 Å². The fraction of sp³-hybridized carbons (Fsp3) is 0.310. The van der Waals surface area contributed by atoms with Crippen LogP contribution in [-0.2, 0) is 6.54 Å². The molecule has 3 amide bonds. The van der Waals surface area contributed by atoms with Crippen LogP contribution >= 0.6 is 0 Å². The van der Waals surface area contributed by atoms with Crippen molar-refractivity contribution in [1.29, 1.82) is 0 Å². The average Bonchev–Trinajstić information content (AvgIpc) is 3.69. The largest absolute Gasteiger partial charge is 0.337 e. The molecule has 1 aliphatic carbocycles. The smallest absolute Gasteiger partial charge is 0.319 e. The second kappa shape index (κ2) is 10.0. The van der Waals surface area contributed by atoms with Gasteiger partial charge < -0.3 is 19.9 Å². The summed E-state index contributed by atoms with van der Waals surface area (Å²) in [5, 5.41) is 5.79. The zero-order valence-electron chi connectivity index (χ0n) is 20.6. The normalized spacial score (nSPS) is 16.1. The Labute approximate surface area is 215 Å². The van der Waals surface area contributed by atoms with Crippen LogP contribution in [0.15, 0.2) is 73.3 Å². The Morgan fingerprint density at radius 1 is 0.865 bits per heavy atom. The summed E-state index contributed by atoms with van der Waals surface area (Å²) in [4.78, 5) is 35.9. The first-order valence-corrected chi connectivity index (χ1v) is 12.9. The molecule has 37 heavy (non-hydrogen) atoms. The number of amides is 3. The van der Waals surface area contributed by atoms with Crippen LogP contribution in [0.2, 0.25) is 0 Å². The van der Waals surface area contributed by atoms with E-state index in [1.54, 1.807) is 6.20 Å². The van der Waals surface area contributed by atoms with E-state index in [2.05, 4.69) is 38.8 Å². The first-order valence-electron chi connectivity index (χ1n) is 12.9. The molecule has 0 atom stereocenters. The number of fused-ring (bicyclic) bond motifs is 1. The summed E-state index contributed by atoms with van der Waals surface area (Å²) in [7, 11) is 0. The summed E-state index contributed by atoms with van der Waals surface area (Å²) >= 11 is 0. The van der Waals surface area contributed by atoms with E-state index in [0.29, 0.717) is 24.1 Å². The lowest BCUT2D eigenvalue weighted by molar-refractivity contribution is 0.0707. The molecule has 3 aromatic heterocycles. The van der Waals surface area contributed by atoms with E-state index in [9.17, 15) is 9.59 Å². The lowest BCUT2D eigenvalue weighted by atomic mass is 9.89. The number of rotatable bonds is 6. The first kappa shape index (κ1) is 23.2. The van der Waals surface area contributed by atoms with Gasteiger partial charge in [-0.05, 0) is 84.5 Å². The number of benzene rings is 1. The van der Waals surface area contributed by atoms with Gasteiger partial charge in [0.05, 0.1) is 0 Å². The van der Waals surface area contributed by atoms with Crippen molar-refractivity contribution in [2.45, 2.75) is 44.1 Å². The number of nitrogens with zero attached hydrogens (tertiary/aromatic N) is 4. The molecular weight excluding hydrogens is 464 g/mol. The quantitative estimate of drug-likeness (QED) is 0.397. The molecule has 4 aromatic rings. The summed E-state index contributed by atoms with van der Waals surface area (Å²) in [6.07, 6.45) is 11.7. The highest BCUT2D eigenvalue weighted by atomic mass is 16.2. The van der Waals surface area contributed by atoms with Gasteiger partial charge in [-0.15, -0.1) is 0 Å². The summed E-state index contributed by atoms with van der Waals surface area (Å²) in [6.45, 7) is 1.87. The topological polar surface area (TPSA) is 91.6 Å². The predicted molar refractivity (Wildman–Crippen MR) is 142 cm³/mol. The van der Waals surface area contributed by atoms with Crippen LogP contribution in [0.4, 0.5) is 10.5 Å². The molecule has 2 fully saturated rings. The number of urea groups is 1. The van der Waals surface area contributed by atoms with Crippen LogP contribution < -0.4 is 10.6 Å². The summed E-state index contributed by atoms with van der Waals surface area (Å²) in [5.41, 5.74) is 5.61. The molecule has 188 valence electrons. The fourth-order valence-corrected chi connectivity index (χ4v) is 5.03. The predicted octanol–water partition coefficient (Wildman–Crippen LogP) is 4.95. The van der Waals surface area contributed by atoms with Gasteiger partial charge in [0, 0.05) is 50.1 Å². The van der Waals surface area contributed by atoms with Crippen molar-refractivity contribution in [2.24, 2.45) is 0 Å². The third-order valence-electron chi connectivity index (χ3n) is 7.39. The Balaban J connectivity index is 0.977. The van der Waals surface area contributed by atoms with Crippen LogP contribution in [0.1, 0.15) is 64.7 Å². The van der Waals surface area contributed by atoms with Crippen LogP contribution in [0, 0.1) is 0 Å². The van der Waals surface area contributed by atoms with Crippen LogP contribution in [0.25, 0.3) is 5.65 Å². The van der Waals surface area contributed by atoms with E-state index < -0.39 is 0 Å². The molecule has 0 radical (unpaired) electrons. The van der Waals surface area contributed by atoms with Gasteiger partial charge in [0.2, 0.25) is 0 Å². The van der Waals surface area contributed by atoms with Crippen molar-refractivity contribution in [3.8, 4) is 0 Å². The maximum absolute atomic E-state index is 12.9. The Hall–Kier alpha value is -4.20. The Kier molecular flexibility index (Phi) is 6.30. The van der Waals surface area contributed by atoms with E-state index in [-0.39, 0.29) is 11.9 Å². The lowest BCUT2D eigenvalue weighted by Crippen LogP contribution is -2.38. The maximum Gasteiger partial charge on any atom is 0.319 e. The Morgan fingerprint density at radius 3 is 2.35 bits per heavy atom. The highest BCUT2D eigenvalue weighted by Crippen LogP contribution is 2.39. The molecule has 2 N–H and O–H groups in total. The number of carbonyl (C=O) groups is 2. The van der Waals surface area contributed by atoms with Crippen molar-refractivity contribution >= 4 is 23.3 Å². The molecule has 4 heterocycles. The number of anilines is 1. The van der Waals surface area contributed by atoms with Crippen molar-refractivity contribution in [3.05, 3.63) is 95.7 Å². The molecule has 6 rings (SSSR count). The minimum absolute atomic E-state index is 0.0241. The number of hydrogen-bond donors (Lipinski definition) is 2. The minimum Gasteiger partial charge on any atom is -0.337 e. The Bertz CT molecular complexity index is 1400. The third-order valence-corrected chi connectivity index (χ3v) is 7.39. The van der Waals surface area contributed by atoms with E-state index in [0.717, 1.165) is 42.8 Å². The minimum atomic E-state index is -0.249. The molecule has 1 aliphatic heterocycles. The first-order chi connectivity index (χ1) is 18.1. The van der Waals surface area contributed by atoms with Gasteiger partial charge in [0.15, 0.2) is 0 Å². The fourth-order valence-electron chi connectivity index (χ4n) is 5.03. The molecule has 0 bridgehead atoms. The standard InChI is InChI=1S/C29H30N6O2/c36-28(26-8-5-24(19-31-26)22-1-2-22)35-14-10-23(11-15-35)21-3-6-25(7-4-21)33-29(37)32-18-20-9-13-34-16-12-30-27(34)17-20/h3-9,12-13,16-17,19,22-23H,1-2,10-11,14-15,18H2,(H2,32,33,37). The summed E-state index contributed by atoms with van der Waals surface area (Å²) < 4.78 is 1.93. The van der Waals surface area contributed by atoms with Crippen LogP contribution in [0.3, 0.4) is 0 Å². The molecule has 1 aromatic carbocycles. The number of likely N-dealkylation sites (tertiary alicyclic amines) is 1. The van der Waals surface area contributed by atoms with E-state index in [4.69, 9.17) is 0 Å². The second-order valence-electron chi connectivity index (χ2n) is 9.97. The zero-order valence-corrected chi connectivity index (χ0v) is 20.6. The van der Waals surface area contributed by atoms with Gasteiger partial charge in [-0.3, -0.25) is 9.78 Å². The van der Waals surface area contributed by atoms with Gasteiger partial charge in [-0.2, -0.15) is 0 Å². The third kappa shape index (κ3) is 5.33. The summed E-state index contributed by atoms with van der Waals surface area (Å²) in [5.74, 6) is 1.07. The lowest BCUT2D eigenvalue weighted by Gasteiger charge is -2.32.